The van der Waals surface area contributed by atoms with E-state index in [-0.39, 0.29) is 0 Å². The summed E-state index contributed by atoms with van der Waals surface area (Å²) in [6, 6.07) is 0.733. The molecule has 0 aromatic carbocycles. The summed E-state index contributed by atoms with van der Waals surface area (Å²) in [5.41, 5.74) is 0.637. The molecule has 3 heteroatoms. The van der Waals surface area contributed by atoms with E-state index in [9.17, 15) is 0 Å². The Kier molecular flexibility index (Phi) is 3.35. The summed E-state index contributed by atoms with van der Waals surface area (Å²) in [6.45, 7) is 11.9. The first-order valence-corrected chi connectivity index (χ1v) is 5.87. The number of nitrogens with one attached hydrogen (secondary N) is 1. The van der Waals surface area contributed by atoms with Crippen LogP contribution in [0.3, 0.4) is 0 Å². The Bertz CT molecular complexity index is 200. The molecule has 0 aromatic rings. The summed E-state index contributed by atoms with van der Waals surface area (Å²) in [4.78, 5) is 2.60. The van der Waals surface area contributed by atoms with Gasteiger partial charge in [-0.25, -0.2) is 0 Å². The van der Waals surface area contributed by atoms with Crippen molar-refractivity contribution < 1.29 is 0 Å². The Morgan fingerprint density at radius 3 is 2.60 bits per heavy atom. The number of rotatable bonds is 1. The minimum absolute atomic E-state index is 0. The zero-order valence-electron chi connectivity index (χ0n) is 10.0. The molecule has 1 spiro atoms. The molecule has 0 bridgehead atoms. The third-order valence-electron chi connectivity index (χ3n) is 3.74. The topological polar surface area (TPSA) is 15.3 Å². The van der Waals surface area contributed by atoms with Gasteiger partial charge in [0.25, 0.3) is 0 Å². The Balaban J connectivity index is 0.00000112. The van der Waals surface area contributed by atoms with Crippen LogP contribution < -0.4 is 5.32 Å². The molecule has 2 nitrogen and oxygen atoms in total. The summed E-state index contributed by atoms with van der Waals surface area (Å²) in [6.07, 6.45) is 2.72. The zero-order valence-corrected chi connectivity index (χ0v) is 12.2. The second-order valence-corrected chi connectivity index (χ2v) is 5.56. The van der Waals surface area contributed by atoms with Crippen molar-refractivity contribution in [3.63, 3.8) is 0 Å². The molecule has 0 aliphatic carbocycles. The number of hydrogen-bond acceptors (Lipinski definition) is 2. The van der Waals surface area contributed by atoms with Gasteiger partial charge in [-0.3, -0.25) is 4.90 Å². The van der Waals surface area contributed by atoms with E-state index in [4.69, 9.17) is 0 Å². The molecule has 0 saturated carbocycles. The second kappa shape index (κ2) is 4.19. The van der Waals surface area contributed by atoms with Gasteiger partial charge in [0.15, 0.2) is 0 Å². The molecule has 1 N–H and O–H groups in total. The van der Waals surface area contributed by atoms with E-state index in [0.29, 0.717) is 5.41 Å². The molecular formula is C12H23LrN2-. The smallest absolute Gasteiger partial charge is 0.00390 e. The molecule has 2 fully saturated rings. The normalized spacial score (nSPS) is 27.2. The van der Waals surface area contributed by atoms with E-state index in [1.165, 1.54) is 32.5 Å². The first-order valence-electron chi connectivity index (χ1n) is 5.87. The maximum atomic E-state index is 3.51. The van der Waals surface area contributed by atoms with Crippen molar-refractivity contribution in [3.05, 3.63) is 5.92 Å². The van der Waals surface area contributed by atoms with E-state index >= 15 is 0 Å². The molecule has 0 atom stereocenters. The molecule has 2 heterocycles. The van der Waals surface area contributed by atoms with Gasteiger partial charge in [-0.15, -0.1) is 6.54 Å². The van der Waals surface area contributed by atoms with Crippen LogP contribution in [0.5, 0.6) is 0 Å². The summed E-state index contributed by atoms with van der Waals surface area (Å²) < 4.78 is 0. The van der Waals surface area contributed by atoms with Crippen LogP contribution in [0.4, 0.5) is 0 Å². The molecule has 0 amide bonds. The van der Waals surface area contributed by atoms with Gasteiger partial charge in [-0.2, -0.15) is 13.3 Å². The fourth-order valence-corrected chi connectivity index (χ4v) is 2.90. The summed E-state index contributed by atoms with van der Waals surface area (Å²) in [5.74, 6) is 1.64. The van der Waals surface area contributed by atoms with Gasteiger partial charge >= 0.3 is 0 Å². The van der Waals surface area contributed by atoms with Crippen LogP contribution in [0.1, 0.15) is 33.6 Å². The van der Waals surface area contributed by atoms with Gasteiger partial charge in [-0.1, -0.05) is 0 Å². The summed E-state index contributed by atoms with van der Waals surface area (Å²) >= 11 is 0. The fourth-order valence-electron chi connectivity index (χ4n) is 2.90. The van der Waals surface area contributed by atoms with Gasteiger partial charge in [0.2, 0.25) is 0 Å². The number of nitrogens with zero attached hydrogens (tertiary/aromatic N) is 1. The third-order valence-corrected chi connectivity index (χ3v) is 3.74. The minimum Gasteiger partial charge on any atom is -0.346 e. The molecular weight excluding hydrogens is 434 g/mol. The van der Waals surface area contributed by atoms with Crippen molar-refractivity contribution in [1.29, 1.82) is 0 Å². The Hall–Kier alpha value is -1.08. The van der Waals surface area contributed by atoms with Gasteiger partial charge in [0, 0.05) is 19.1 Å². The van der Waals surface area contributed by atoms with E-state index in [0.717, 1.165) is 12.6 Å². The second-order valence-electron chi connectivity index (χ2n) is 5.56. The molecule has 0 unspecified atom stereocenters. The summed E-state index contributed by atoms with van der Waals surface area (Å²) in [5, 5.41) is 3.51. The van der Waals surface area contributed by atoms with Crippen molar-refractivity contribution >= 4 is 0 Å². The van der Waals surface area contributed by atoms with Crippen LogP contribution in [0, 0.1) is 11.3 Å². The minimum atomic E-state index is 0. The van der Waals surface area contributed by atoms with Crippen molar-refractivity contribution in [1.82, 2.24) is 10.2 Å². The zero-order chi connectivity index (χ0) is 10.2. The molecule has 1 radical (unpaired) electrons. The predicted octanol–water partition coefficient (Wildman–Crippen LogP) is 1.67. The van der Waals surface area contributed by atoms with Crippen LogP contribution >= 0.6 is 0 Å². The SMILES string of the molecule is C[C-]1CNCCC2(C1)CN(C(C)C)C2.[Lr]. The number of hydrogen-bond donors (Lipinski definition) is 1. The average Bonchev–Trinajstić information content (AvgIpc) is 2.23. The fraction of sp³-hybridized carbons (Fsp3) is 0.917. The van der Waals surface area contributed by atoms with Crippen LogP contribution in [-0.4, -0.2) is 37.1 Å². The van der Waals surface area contributed by atoms with Gasteiger partial charge in [0.1, 0.15) is 0 Å². The number of likely N-dealkylation sites (tertiary alicyclic amines) is 1. The van der Waals surface area contributed by atoms with Crippen molar-refractivity contribution in [3.8, 4) is 0 Å². The quantitative estimate of drug-likeness (QED) is 0.603. The Labute approximate surface area is 88.1 Å². The first kappa shape index (κ1) is 12.0. The molecule has 2 rings (SSSR count). The standard InChI is InChI=1S/C12H23N2.Lr/c1-10(2)14-8-12(9-14)4-5-13-7-11(3)6-12;/h10,13H,4-9H2,1-3H3;/q-1;. The molecule has 15 heavy (non-hydrogen) atoms. The van der Waals surface area contributed by atoms with Crippen LogP contribution in [-0.2, 0) is 0 Å². The van der Waals surface area contributed by atoms with Gasteiger partial charge in [0.05, 0.1) is 0 Å². The largest absolute Gasteiger partial charge is 0.346 e. The third kappa shape index (κ3) is 2.29. The van der Waals surface area contributed by atoms with E-state index in [2.05, 4.69) is 31.0 Å². The molecule has 0 aromatic heterocycles. The monoisotopic (exact) mass is 457 g/mol. The van der Waals surface area contributed by atoms with Crippen molar-refractivity contribution in [2.24, 2.45) is 5.41 Å². The molecule has 97 valence electrons. The average molecular weight is 457 g/mol. The van der Waals surface area contributed by atoms with Gasteiger partial charge < -0.3 is 11.2 Å². The van der Waals surface area contributed by atoms with Gasteiger partial charge in [-0.05, 0) is 32.2 Å². The van der Waals surface area contributed by atoms with Crippen molar-refractivity contribution in [2.75, 3.05) is 26.2 Å². The molecule has 2 aliphatic heterocycles. The maximum absolute atomic E-state index is 3.51. The Morgan fingerprint density at radius 1 is 1.33 bits per heavy atom. The van der Waals surface area contributed by atoms with E-state index in [1.54, 1.807) is 5.92 Å². The van der Waals surface area contributed by atoms with Crippen LogP contribution in [0.2, 0.25) is 0 Å². The molecule has 2 saturated heterocycles. The van der Waals surface area contributed by atoms with Crippen LogP contribution in [0.15, 0.2) is 0 Å². The van der Waals surface area contributed by atoms with Crippen LogP contribution in [0.25, 0.3) is 0 Å². The first-order chi connectivity index (χ1) is 6.61. The maximum Gasteiger partial charge on any atom is 0.00390 e. The Morgan fingerprint density at radius 2 is 2.00 bits per heavy atom. The van der Waals surface area contributed by atoms with E-state index in [1.807, 2.05) is 0 Å². The summed E-state index contributed by atoms with van der Waals surface area (Å²) in [7, 11) is 0. The predicted molar refractivity (Wildman–Crippen MR) is 60.2 cm³/mol. The van der Waals surface area contributed by atoms with E-state index < -0.39 is 0 Å². The molecule has 2 aliphatic rings. The van der Waals surface area contributed by atoms with Crippen molar-refractivity contribution in [2.45, 2.75) is 39.7 Å².